The van der Waals surface area contributed by atoms with Crippen LogP contribution in [0.15, 0.2) is 67.3 Å². The minimum absolute atomic E-state index is 0.0109. The van der Waals surface area contributed by atoms with E-state index in [0.717, 1.165) is 16.3 Å². The average molecular weight is 403 g/mol. The smallest absolute Gasteiger partial charge is 0.339 e. The first-order valence-electron chi connectivity index (χ1n) is 9.07. The van der Waals surface area contributed by atoms with Crippen LogP contribution in [0.5, 0.6) is 5.75 Å². The lowest BCUT2D eigenvalue weighted by Crippen LogP contribution is -2.08. The van der Waals surface area contributed by atoms with Gasteiger partial charge in [-0.2, -0.15) is 0 Å². The van der Waals surface area contributed by atoms with E-state index in [2.05, 4.69) is 10.2 Å². The van der Waals surface area contributed by atoms with Crippen molar-refractivity contribution >= 4 is 22.7 Å². The minimum Gasteiger partial charge on any atom is -0.508 e. The number of phenolic OH excluding ortho intramolecular Hbond substituents is 1. The number of carboxylic acids is 1. The highest BCUT2D eigenvalue weighted by molar-refractivity contribution is 5.96. The molecule has 8 heteroatoms. The van der Waals surface area contributed by atoms with Crippen LogP contribution in [0.3, 0.4) is 0 Å². The molecule has 30 heavy (non-hydrogen) atoms. The van der Waals surface area contributed by atoms with E-state index in [4.69, 9.17) is 9.84 Å². The molecule has 0 saturated heterocycles. The van der Waals surface area contributed by atoms with Crippen LogP contribution >= 0.6 is 0 Å². The quantitative estimate of drug-likeness (QED) is 0.475. The predicted molar refractivity (Wildman–Crippen MR) is 107 cm³/mol. The van der Waals surface area contributed by atoms with E-state index < -0.39 is 11.9 Å². The Balaban J connectivity index is 1.56. The van der Waals surface area contributed by atoms with Crippen LogP contribution in [0.2, 0.25) is 0 Å². The summed E-state index contributed by atoms with van der Waals surface area (Å²) < 4.78 is 6.78. The Morgan fingerprint density at radius 3 is 2.30 bits per heavy atom. The number of benzene rings is 3. The first kappa shape index (κ1) is 19.1. The molecule has 0 aliphatic carbocycles. The summed E-state index contributed by atoms with van der Waals surface area (Å²) in [6.07, 6.45) is 3.32. The van der Waals surface area contributed by atoms with Gasteiger partial charge in [-0.25, -0.2) is 9.59 Å². The molecule has 4 aromatic rings. The highest BCUT2D eigenvalue weighted by Gasteiger charge is 2.11. The van der Waals surface area contributed by atoms with Crippen LogP contribution in [-0.4, -0.2) is 36.9 Å². The van der Waals surface area contributed by atoms with Gasteiger partial charge in [0.15, 0.2) is 6.73 Å². The molecule has 3 aromatic carbocycles. The minimum atomic E-state index is -0.987. The first-order valence-corrected chi connectivity index (χ1v) is 9.07. The highest BCUT2D eigenvalue weighted by atomic mass is 16.5. The summed E-state index contributed by atoms with van der Waals surface area (Å²) in [6.45, 7) is 0.0109. The molecule has 0 aliphatic heterocycles. The van der Waals surface area contributed by atoms with Crippen molar-refractivity contribution in [2.45, 2.75) is 13.2 Å². The van der Waals surface area contributed by atoms with Crippen LogP contribution in [0.4, 0.5) is 0 Å². The molecule has 0 bridgehead atoms. The van der Waals surface area contributed by atoms with Gasteiger partial charge in [-0.1, -0.05) is 18.2 Å². The van der Waals surface area contributed by atoms with Crippen LogP contribution in [0.25, 0.3) is 10.8 Å². The molecule has 150 valence electrons. The molecule has 0 amide bonds. The average Bonchev–Trinajstić information content (AvgIpc) is 3.26. The van der Waals surface area contributed by atoms with Gasteiger partial charge in [0.05, 0.1) is 11.1 Å². The molecule has 8 nitrogen and oxygen atoms in total. The predicted octanol–water partition coefficient (Wildman–Crippen LogP) is 3.24. The first-order chi connectivity index (χ1) is 14.5. The maximum absolute atomic E-state index is 12.3. The van der Waals surface area contributed by atoms with Crippen molar-refractivity contribution in [2.75, 3.05) is 0 Å². The summed E-state index contributed by atoms with van der Waals surface area (Å²) in [6, 6.07) is 15.0. The normalized spacial score (nSPS) is 10.8. The van der Waals surface area contributed by atoms with Gasteiger partial charge in [-0.3, -0.25) is 4.57 Å². The summed E-state index contributed by atoms with van der Waals surface area (Å²) in [5.74, 6) is -1.34. The third-order valence-corrected chi connectivity index (χ3v) is 4.68. The molecule has 0 atom stereocenters. The van der Waals surface area contributed by atoms with Crippen LogP contribution in [-0.2, 0) is 17.9 Å². The number of carbonyl (C=O) groups excluding carboxylic acids is 1. The number of hydrogen-bond acceptors (Lipinski definition) is 6. The molecule has 0 saturated carbocycles. The molecular formula is C22H17N3O5. The van der Waals surface area contributed by atoms with Gasteiger partial charge in [0.2, 0.25) is 0 Å². The van der Waals surface area contributed by atoms with Crippen molar-refractivity contribution in [2.24, 2.45) is 0 Å². The zero-order valence-corrected chi connectivity index (χ0v) is 15.7. The van der Waals surface area contributed by atoms with Gasteiger partial charge >= 0.3 is 11.9 Å². The number of hydrogen-bond donors (Lipinski definition) is 2. The summed E-state index contributed by atoms with van der Waals surface area (Å²) in [5.41, 5.74) is 2.12. The van der Waals surface area contributed by atoms with Gasteiger partial charge in [0, 0.05) is 6.42 Å². The van der Waals surface area contributed by atoms with Gasteiger partial charge < -0.3 is 14.9 Å². The number of aromatic hydroxyl groups is 1. The number of aromatic carboxylic acids is 1. The Morgan fingerprint density at radius 2 is 1.60 bits per heavy atom. The monoisotopic (exact) mass is 403 g/mol. The van der Waals surface area contributed by atoms with E-state index in [1.165, 1.54) is 29.4 Å². The zero-order valence-electron chi connectivity index (χ0n) is 15.7. The molecule has 0 fully saturated rings. The number of carboxylic acid groups (broad SMARTS) is 1. The number of rotatable bonds is 6. The number of phenols is 1. The molecule has 1 aromatic heterocycles. The molecule has 4 rings (SSSR count). The van der Waals surface area contributed by atoms with Crippen LogP contribution in [0, 0.1) is 0 Å². The van der Waals surface area contributed by atoms with E-state index in [-0.39, 0.29) is 18.0 Å². The van der Waals surface area contributed by atoms with Crippen molar-refractivity contribution in [3.05, 3.63) is 89.5 Å². The molecule has 2 N–H and O–H groups in total. The second-order valence-corrected chi connectivity index (χ2v) is 6.76. The van der Waals surface area contributed by atoms with Gasteiger partial charge in [-0.15, -0.1) is 10.2 Å². The van der Waals surface area contributed by atoms with Gasteiger partial charge in [0.1, 0.15) is 18.4 Å². The number of carbonyl (C=O) groups is 2. The Hall–Kier alpha value is -4.20. The van der Waals surface area contributed by atoms with Gasteiger partial charge in [-0.05, 0) is 58.3 Å². The van der Waals surface area contributed by atoms with Crippen molar-refractivity contribution in [3.63, 3.8) is 0 Å². The molecule has 0 unspecified atom stereocenters. The second-order valence-electron chi connectivity index (χ2n) is 6.76. The lowest BCUT2D eigenvalue weighted by Gasteiger charge is -2.10. The second kappa shape index (κ2) is 8.04. The third-order valence-electron chi connectivity index (χ3n) is 4.68. The summed E-state index contributed by atoms with van der Waals surface area (Å²) in [4.78, 5) is 23.3. The van der Waals surface area contributed by atoms with Crippen molar-refractivity contribution < 1.29 is 24.5 Å². The lowest BCUT2D eigenvalue weighted by atomic mass is 9.98. The SMILES string of the molecule is O=C(O)c1ccc(Cc2cc3cc(C(=O)OCn4cnnc4)ccc3cc2O)cc1. The Labute approximate surface area is 171 Å². The van der Waals surface area contributed by atoms with E-state index in [0.29, 0.717) is 17.5 Å². The maximum atomic E-state index is 12.3. The van der Waals surface area contributed by atoms with E-state index in [1.54, 1.807) is 36.4 Å². The van der Waals surface area contributed by atoms with Crippen molar-refractivity contribution in [3.8, 4) is 5.75 Å². The third kappa shape index (κ3) is 4.12. The fourth-order valence-corrected chi connectivity index (χ4v) is 3.09. The van der Waals surface area contributed by atoms with Crippen molar-refractivity contribution in [1.82, 2.24) is 14.8 Å². The Bertz CT molecular complexity index is 1220. The number of ether oxygens (including phenoxy) is 1. The maximum Gasteiger partial charge on any atom is 0.339 e. The lowest BCUT2D eigenvalue weighted by molar-refractivity contribution is 0.0371. The summed E-state index contributed by atoms with van der Waals surface area (Å²) in [5, 5.41) is 28.2. The summed E-state index contributed by atoms with van der Waals surface area (Å²) in [7, 11) is 0. The largest absolute Gasteiger partial charge is 0.508 e. The van der Waals surface area contributed by atoms with Crippen LogP contribution < -0.4 is 0 Å². The molecule has 0 aliphatic rings. The number of fused-ring (bicyclic) bond motifs is 1. The standard InChI is InChI=1S/C22H17N3O5/c26-20-10-16-5-6-17(22(29)30-13-25-11-23-24-12-25)8-18(16)9-19(20)7-14-1-3-15(4-2-14)21(27)28/h1-6,8-12,26H,7,13H2,(H,27,28). The zero-order chi connectivity index (χ0) is 21.1. The van der Waals surface area contributed by atoms with E-state index in [1.807, 2.05) is 6.07 Å². The molecule has 0 spiro atoms. The molecular weight excluding hydrogens is 386 g/mol. The fourth-order valence-electron chi connectivity index (χ4n) is 3.09. The number of esters is 1. The number of nitrogens with zero attached hydrogens (tertiary/aromatic N) is 3. The Morgan fingerprint density at radius 1 is 0.900 bits per heavy atom. The fraction of sp³-hybridized carbons (Fsp3) is 0.0909. The molecule has 1 heterocycles. The van der Waals surface area contributed by atoms with Crippen molar-refractivity contribution in [1.29, 1.82) is 0 Å². The van der Waals surface area contributed by atoms with E-state index >= 15 is 0 Å². The summed E-state index contributed by atoms with van der Waals surface area (Å²) >= 11 is 0. The van der Waals surface area contributed by atoms with Gasteiger partial charge in [0.25, 0.3) is 0 Å². The topological polar surface area (TPSA) is 115 Å². The Kier molecular flexibility index (Phi) is 5.13. The van der Waals surface area contributed by atoms with Crippen LogP contribution in [0.1, 0.15) is 31.8 Å². The molecule has 0 radical (unpaired) electrons. The van der Waals surface area contributed by atoms with E-state index in [9.17, 15) is 14.7 Å². The highest BCUT2D eigenvalue weighted by Crippen LogP contribution is 2.28. The number of aromatic nitrogens is 3.